The van der Waals surface area contributed by atoms with Gasteiger partial charge in [0.1, 0.15) is 23.5 Å². The molecule has 0 bridgehead atoms. The van der Waals surface area contributed by atoms with Gasteiger partial charge in [-0.05, 0) is 23.4 Å². The van der Waals surface area contributed by atoms with Gasteiger partial charge in [0.15, 0.2) is 0 Å². The highest BCUT2D eigenvalue weighted by Gasteiger charge is 2.25. The largest absolute Gasteiger partial charge is 0.372 e. The molecule has 1 aliphatic heterocycles. The van der Waals surface area contributed by atoms with Gasteiger partial charge >= 0.3 is 0 Å². The van der Waals surface area contributed by atoms with E-state index in [9.17, 15) is 0 Å². The lowest BCUT2D eigenvalue weighted by molar-refractivity contribution is 0.0433. The first-order valence-corrected chi connectivity index (χ1v) is 6.79. The summed E-state index contributed by atoms with van der Waals surface area (Å²) in [5.74, 6) is 0. The third-order valence-electron chi connectivity index (χ3n) is 2.89. The molecule has 0 saturated carbocycles. The summed E-state index contributed by atoms with van der Waals surface area (Å²) >= 11 is 1.88. The maximum absolute atomic E-state index is 5.88. The molecule has 0 radical (unpaired) electrons. The molecule has 1 aromatic heterocycles. The van der Waals surface area contributed by atoms with Crippen molar-refractivity contribution in [3.63, 3.8) is 0 Å². The maximum atomic E-state index is 5.88. The highest BCUT2D eigenvalue weighted by Crippen LogP contribution is 2.34. The molecule has 2 rings (SSSR count). The van der Waals surface area contributed by atoms with E-state index in [1.165, 1.54) is 16.0 Å². The molecule has 1 N–H and O–H groups in total. The van der Waals surface area contributed by atoms with Crippen LogP contribution in [0.1, 0.15) is 22.1 Å². The van der Waals surface area contributed by atoms with Gasteiger partial charge in [-0.25, -0.2) is 0 Å². The quantitative estimate of drug-likeness (QED) is 0.660. The summed E-state index contributed by atoms with van der Waals surface area (Å²) in [6.45, 7) is 3.96. The van der Waals surface area contributed by atoms with Crippen LogP contribution < -0.4 is 5.32 Å². The minimum absolute atomic E-state index is 0.158. The Morgan fingerprint density at radius 3 is 3.00 bits per heavy atom. The molecular formula is C10H18B3NOS. The number of rotatable bonds is 3. The number of hydrogen-bond donors (Lipinski definition) is 1. The van der Waals surface area contributed by atoms with E-state index in [0.29, 0.717) is 0 Å². The van der Waals surface area contributed by atoms with Gasteiger partial charge in [0, 0.05) is 17.8 Å². The van der Waals surface area contributed by atoms with E-state index >= 15 is 0 Å². The van der Waals surface area contributed by atoms with Gasteiger partial charge < -0.3 is 10.1 Å². The van der Waals surface area contributed by atoms with Crippen molar-refractivity contribution in [3.8, 4) is 0 Å². The normalized spacial score (nSPS) is 20.7. The zero-order valence-electron chi connectivity index (χ0n) is 10.6. The molecule has 1 aliphatic rings. The number of thiophene rings is 1. The molecule has 0 aliphatic carbocycles. The highest BCUT2D eigenvalue weighted by atomic mass is 32.1. The average Bonchev–Trinajstić information content (AvgIpc) is 2.57. The van der Waals surface area contributed by atoms with Gasteiger partial charge in [0.05, 0.1) is 12.7 Å². The number of nitrogens with one attached hydrogen (secondary N) is 1. The number of aryl methyl sites for hydroxylation is 1. The van der Waals surface area contributed by atoms with Crippen molar-refractivity contribution in [3.05, 3.63) is 21.4 Å². The molecule has 0 unspecified atom stereocenters. The molecule has 6 heteroatoms. The molecular weight excluding hydrogens is 215 g/mol. The van der Waals surface area contributed by atoms with E-state index in [2.05, 4.69) is 41.2 Å². The third kappa shape index (κ3) is 2.73. The SMILES string of the molecule is BC(B)(B)NC[C@H]1OCCc2scc(C)c21. The van der Waals surface area contributed by atoms with Crippen LogP contribution in [0.25, 0.3) is 0 Å². The van der Waals surface area contributed by atoms with Gasteiger partial charge in [-0.3, -0.25) is 0 Å². The van der Waals surface area contributed by atoms with Crippen molar-refractivity contribution in [2.24, 2.45) is 0 Å². The Labute approximate surface area is 104 Å². The van der Waals surface area contributed by atoms with Crippen LogP contribution >= 0.6 is 11.3 Å². The molecule has 1 atom stereocenters. The standard InChI is InChI=1S/C10H18B3NOS/c1-6-5-16-8-2-3-15-7(9(6)8)4-14-10(11,12)13/h5,7,14H,2-4,11-13H2,1H3/t7-/m1/s1. The second-order valence-electron chi connectivity index (χ2n) is 5.50. The summed E-state index contributed by atoms with van der Waals surface area (Å²) in [7, 11) is 6.58. The molecule has 2 nitrogen and oxygen atoms in total. The smallest absolute Gasteiger partial charge is 0.106 e. The fourth-order valence-corrected chi connectivity index (χ4v) is 3.14. The van der Waals surface area contributed by atoms with Gasteiger partial charge in [-0.2, -0.15) is 0 Å². The molecule has 0 spiro atoms. The first kappa shape index (κ1) is 12.3. The summed E-state index contributed by atoms with van der Waals surface area (Å²) in [5.41, 5.74) is 2.83. The van der Waals surface area contributed by atoms with Crippen molar-refractivity contribution in [1.29, 1.82) is 0 Å². The lowest BCUT2D eigenvalue weighted by Crippen LogP contribution is -2.49. The fourth-order valence-electron chi connectivity index (χ4n) is 2.07. The Kier molecular flexibility index (Phi) is 3.52. The van der Waals surface area contributed by atoms with Gasteiger partial charge in [-0.1, -0.05) is 5.24 Å². The number of ether oxygens (including phenoxy) is 1. The van der Waals surface area contributed by atoms with Gasteiger partial charge in [0.2, 0.25) is 0 Å². The predicted octanol–water partition coefficient (Wildman–Crippen LogP) is -1.23. The van der Waals surface area contributed by atoms with Gasteiger partial charge in [-0.15, -0.1) is 11.3 Å². The zero-order valence-corrected chi connectivity index (χ0v) is 11.4. The van der Waals surface area contributed by atoms with E-state index in [1.807, 2.05) is 11.3 Å². The Bertz CT molecular complexity index is 375. The summed E-state index contributed by atoms with van der Waals surface area (Å²) in [6, 6.07) is 0. The number of fused-ring (bicyclic) bond motifs is 1. The van der Waals surface area contributed by atoms with Crippen LogP contribution in [0.2, 0.25) is 0 Å². The minimum Gasteiger partial charge on any atom is -0.372 e. The summed E-state index contributed by atoms with van der Waals surface area (Å²) in [4.78, 5) is 1.52. The minimum atomic E-state index is 0.158. The van der Waals surface area contributed by atoms with Crippen LogP contribution in [0.4, 0.5) is 0 Å². The maximum Gasteiger partial charge on any atom is 0.106 e. The van der Waals surface area contributed by atoms with Crippen LogP contribution in [-0.4, -0.2) is 41.9 Å². The molecule has 2 heterocycles. The van der Waals surface area contributed by atoms with Gasteiger partial charge in [0.25, 0.3) is 0 Å². The Hall–Kier alpha value is -0.185. The average molecular weight is 233 g/mol. The number of hydrogen-bond acceptors (Lipinski definition) is 3. The van der Waals surface area contributed by atoms with Crippen molar-refractivity contribution < 1.29 is 4.74 Å². The summed E-state index contributed by atoms with van der Waals surface area (Å²) in [6.07, 6.45) is 1.33. The molecule has 84 valence electrons. The summed E-state index contributed by atoms with van der Waals surface area (Å²) < 4.78 is 5.88. The fraction of sp³-hybridized carbons (Fsp3) is 0.600. The van der Waals surface area contributed by atoms with E-state index in [-0.39, 0.29) is 11.3 Å². The third-order valence-corrected chi connectivity index (χ3v) is 4.07. The van der Waals surface area contributed by atoms with E-state index in [1.54, 1.807) is 0 Å². The molecule has 0 fully saturated rings. The predicted molar refractivity (Wildman–Crippen MR) is 77.8 cm³/mol. The molecule has 0 saturated heterocycles. The Morgan fingerprint density at radius 2 is 2.31 bits per heavy atom. The molecule has 0 amide bonds. The van der Waals surface area contributed by atoms with Crippen LogP contribution in [0.15, 0.2) is 5.38 Å². The van der Waals surface area contributed by atoms with Crippen LogP contribution in [0.3, 0.4) is 0 Å². The monoisotopic (exact) mass is 233 g/mol. The summed E-state index contributed by atoms with van der Waals surface area (Å²) in [5, 5.41) is 5.94. The van der Waals surface area contributed by atoms with Crippen molar-refractivity contribution >= 4 is 34.9 Å². The topological polar surface area (TPSA) is 21.3 Å². The van der Waals surface area contributed by atoms with E-state index in [4.69, 9.17) is 4.74 Å². The Morgan fingerprint density at radius 1 is 1.56 bits per heavy atom. The highest BCUT2D eigenvalue weighted by molar-refractivity contribution is 7.10. The van der Waals surface area contributed by atoms with E-state index in [0.717, 1.165) is 19.6 Å². The first-order chi connectivity index (χ1) is 7.47. The molecule has 1 aromatic rings. The Balaban J connectivity index is 2.10. The zero-order chi connectivity index (χ0) is 11.8. The lowest BCUT2D eigenvalue weighted by Gasteiger charge is -2.29. The first-order valence-electron chi connectivity index (χ1n) is 5.91. The van der Waals surface area contributed by atoms with Crippen molar-refractivity contribution in [2.75, 3.05) is 13.2 Å². The molecule has 16 heavy (non-hydrogen) atoms. The van der Waals surface area contributed by atoms with Crippen LogP contribution in [0, 0.1) is 6.92 Å². The molecule has 0 aromatic carbocycles. The van der Waals surface area contributed by atoms with Crippen molar-refractivity contribution in [1.82, 2.24) is 5.32 Å². The van der Waals surface area contributed by atoms with Crippen molar-refractivity contribution in [2.45, 2.75) is 24.7 Å². The second-order valence-corrected chi connectivity index (χ2v) is 6.46. The second kappa shape index (κ2) is 4.59. The van der Waals surface area contributed by atoms with Crippen LogP contribution in [0.5, 0.6) is 0 Å². The van der Waals surface area contributed by atoms with E-state index < -0.39 is 0 Å². The lowest BCUT2D eigenvalue weighted by atomic mass is 9.49. The van der Waals surface area contributed by atoms with Crippen LogP contribution in [-0.2, 0) is 11.2 Å².